The molecule has 2 aromatic rings. The van der Waals surface area contributed by atoms with Gasteiger partial charge in [-0.1, -0.05) is 12.1 Å². The molecule has 1 amide bonds. The number of pyridine rings is 1. The number of H-pyrrole nitrogens is 1. The first-order valence-corrected chi connectivity index (χ1v) is 7.59. The van der Waals surface area contributed by atoms with Crippen molar-refractivity contribution in [3.63, 3.8) is 0 Å². The molecule has 0 spiro atoms. The number of benzene rings is 1. The third-order valence-electron chi connectivity index (χ3n) is 3.63. The van der Waals surface area contributed by atoms with Crippen LogP contribution >= 0.6 is 0 Å². The van der Waals surface area contributed by atoms with E-state index in [1.54, 1.807) is 6.92 Å². The zero-order valence-corrected chi connectivity index (χ0v) is 14.3. The van der Waals surface area contributed by atoms with Crippen molar-refractivity contribution in [2.45, 2.75) is 18.8 Å². The fraction of sp³-hybridized carbons (Fsp3) is 0.235. The van der Waals surface area contributed by atoms with Crippen LogP contribution in [0.3, 0.4) is 0 Å². The van der Waals surface area contributed by atoms with E-state index < -0.39 is 35.1 Å². The van der Waals surface area contributed by atoms with E-state index in [9.17, 15) is 27.2 Å². The highest BCUT2D eigenvalue weighted by Gasteiger charge is 2.67. The topological polar surface area (TPSA) is 81.6 Å². The number of esters is 1. The normalized spacial score (nSPS) is 13.4. The van der Waals surface area contributed by atoms with E-state index in [1.807, 2.05) is 5.32 Å². The third-order valence-corrected chi connectivity index (χ3v) is 3.63. The number of anilines is 1. The van der Waals surface area contributed by atoms with Crippen LogP contribution < -0.4 is 15.6 Å². The number of hydrogen-bond acceptors (Lipinski definition) is 4. The minimum Gasteiger partial charge on any atom is -0.464 e. The van der Waals surface area contributed by atoms with Gasteiger partial charge >= 0.3 is 17.8 Å². The average Bonchev–Trinajstić information content (AvgIpc) is 2.61. The van der Waals surface area contributed by atoms with E-state index in [2.05, 4.69) is 9.72 Å². The monoisotopic (exact) mass is 386 g/mol. The van der Waals surface area contributed by atoms with Gasteiger partial charge in [-0.15, -0.1) is 0 Å². The Hall–Kier alpha value is -3.17. The van der Waals surface area contributed by atoms with Crippen molar-refractivity contribution in [3.8, 4) is 0 Å². The van der Waals surface area contributed by atoms with Crippen molar-refractivity contribution >= 4 is 17.7 Å². The van der Waals surface area contributed by atoms with Crippen LogP contribution in [0.25, 0.3) is 0 Å². The summed E-state index contributed by atoms with van der Waals surface area (Å²) in [6.07, 6.45) is -3.93. The molecular formula is C17H16F4N3O3+. The molecule has 1 atom stereocenters. The standard InChI is InChI=1S/C17H15F4N3O3/c1-10-7-8-13(22-9-10)23-16(15(26)27-2,17(19,20)21)24-14(25)11-5-3-4-6-12(11)18/h3-9H,1-2H3,(H,22,23)(H,24,25)/p+1/t16-/m0/s1. The number of methoxy groups -OCH3 is 1. The molecule has 0 saturated heterocycles. The zero-order chi connectivity index (χ0) is 20.2. The van der Waals surface area contributed by atoms with Gasteiger partial charge in [-0.25, -0.2) is 19.5 Å². The van der Waals surface area contributed by atoms with Gasteiger partial charge in [0, 0.05) is 6.07 Å². The predicted molar refractivity (Wildman–Crippen MR) is 86.0 cm³/mol. The number of nitrogens with one attached hydrogen (secondary N) is 3. The molecular weight excluding hydrogens is 370 g/mol. The molecule has 1 aromatic heterocycles. The second-order valence-electron chi connectivity index (χ2n) is 5.58. The fourth-order valence-electron chi connectivity index (χ4n) is 2.21. The molecule has 0 unspecified atom stereocenters. The molecule has 0 saturated carbocycles. The Morgan fingerprint density at radius 1 is 1.11 bits per heavy atom. The molecule has 0 aliphatic rings. The number of hydrogen-bond donors (Lipinski definition) is 2. The first-order chi connectivity index (χ1) is 12.6. The van der Waals surface area contributed by atoms with E-state index in [0.717, 1.165) is 19.2 Å². The Balaban J connectivity index is 2.50. The van der Waals surface area contributed by atoms with Gasteiger partial charge in [-0.2, -0.15) is 13.2 Å². The van der Waals surface area contributed by atoms with Gasteiger partial charge in [0.15, 0.2) is 0 Å². The second-order valence-corrected chi connectivity index (χ2v) is 5.58. The van der Waals surface area contributed by atoms with E-state index >= 15 is 0 Å². The molecule has 144 valence electrons. The Morgan fingerprint density at radius 2 is 1.78 bits per heavy atom. The molecule has 0 fully saturated rings. The van der Waals surface area contributed by atoms with Crippen LogP contribution in [0.1, 0.15) is 15.9 Å². The summed E-state index contributed by atoms with van der Waals surface area (Å²) in [6, 6.07) is 7.16. The van der Waals surface area contributed by atoms with Crippen LogP contribution in [0.15, 0.2) is 42.6 Å². The van der Waals surface area contributed by atoms with Gasteiger partial charge in [0.1, 0.15) is 5.82 Å². The summed E-state index contributed by atoms with van der Waals surface area (Å²) in [4.78, 5) is 26.9. The number of rotatable bonds is 5. The summed E-state index contributed by atoms with van der Waals surface area (Å²) in [7, 11) is 0.735. The smallest absolute Gasteiger partial charge is 0.464 e. The Morgan fingerprint density at radius 3 is 2.30 bits per heavy atom. The van der Waals surface area contributed by atoms with Crippen LogP contribution in [0.2, 0.25) is 0 Å². The van der Waals surface area contributed by atoms with Crippen molar-refractivity contribution < 1.29 is 36.9 Å². The van der Waals surface area contributed by atoms with Crippen LogP contribution in [0.4, 0.5) is 23.4 Å². The van der Waals surface area contributed by atoms with Crippen molar-refractivity contribution in [2.75, 3.05) is 12.4 Å². The number of alkyl halides is 3. The zero-order valence-electron chi connectivity index (χ0n) is 14.3. The summed E-state index contributed by atoms with van der Waals surface area (Å²) in [5, 5.41) is 3.45. The van der Waals surface area contributed by atoms with Crippen LogP contribution in [-0.4, -0.2) is 30.8 Å². The highest BCUT2D eigenvalue weighted by atomic mass is 19.4. The average molecular weight is 386 g/mol. The molecule has 1 heterocycles. The predicted octanol–water partition coefficient (Wildman–Crippen LogP) is 2.22. The molecule has 10 heteroatoms. The molecule has 0 radical (unpaired) electrons. The lowest BCUT2D eigenvalue weighted by Crippen LogP contribution is -2.69. The molecule has 0 aliphatic carbocycles. The molecule has 0 bridgehead atoms. The Bertz CT molecular complexity index is 840. The van der Waals surface area contributed by atoms with E-state index in [0.29, 0.717) is 5.56 Å². The number of carbonyl (C=O) groups is 2. The molecule has 3 N–H and O–H groups in total. The Labute approximate surface area is 151 Å². The lowest BCUT2D eigenvalue weighted by Gasteiger charge is -2.30. The summed E-state index contributed by atoms with van der Waals surface area (Å²) in [5.41, 5.74) is -3.59. The molecule has 2 rings (SSSR count). The lowest BCUT2D eigenvalue weighted by molar-refractivity contribution is -0.363. The quantitative estimate of drug-likeness (QED) is 0.469. The maximum absolute atomic E-state index is 13.9. The van der Waals surface area contributed by atoms with Gasteiger partial charge in [-0.05, 0) is 30.7 Å². The Kier molecular flexibility index (Phi) is 5.67. The van der Waals surface area contributed by atoms with E-state index in [1.165, 1.54) is 35.8 Å². The molecule has 1 aromatic carbocycles. The van der Waals surface area contributed by atoms with Gasteiger partial charge in [0.05, 0.1) is 18.9 Å². The molecule has 0 aliphatic heterocycles. The van der Waals surface area contributed by atoms with Gasteiger partial charge in [0.2, 0.25) is 0 Å². The summed E-state index contributed by atoms with van der Waals surface area (Å²) in [5.74, 6) is -4.54. The fourth-order valence-corrected chi connectivity index (χ4v) is 2.21. The van der Waals surface area contributed by atoms with Crippen LogP contribution in [0, 0.1) is 12.7 Å². The number of halogens is 4. The van der Waals surface area contributed by atoms with E-state index in [-0.39, 0.29) is 5.82 Å². The number of carbonyl (C=O) groups excluding carboxylic acids is 2. The first-order valence-electron chi connectivity index (χ1n) is 7.59. The van der Waals surface area contributed by atoms with Crippen molar-refractivity contribution in [1.29, 1.82) is 0 Å². The summed E-state index contributed by atoms with van der Waals surface area (Å²) >= 11 is 0. The highest BCUT2D eigenvalue weighted by Crippen LogP contribution is 2.32. The highest BCUT2D eigenvalue weighted by molar-refractivity contribution is 5.99. The lowest BCUT2D eigenvalue weighted by atomic mass is 10.1. The van der Waals surface area contributed by atoms with E-state index in [4.69, 9.17) is 0 Å². The summed E-state index contributed by atoms with van der Waals surface area (Å²) < 4.78 is 59.6. The minimum atomic E-state index is -5.32. The molecule has 27 heavy (non-hydrogen) atoms. The van der Waals surface area contributed by atoms with Crippen molar-refractivity contribution in [1.82, 2.24) is 5.32 Å². The van der Waals surface area contributed by atoms with Gasteiger partial charge in [-0.3, -0.25) is 10.1 Å². The van der Waals surface area contributed by atoms with Gasteiger partial charge < -0.3 is 4.74 Å². The maximum Gasteiger partial charge on any atom is 0.464 e. The van der Waals surface area contributed by atoms with Gasteiger partial charge in [0.25, 0.3) is 11.7 Å². The van der Waals surface area contributed by atoms with Crippen LogP contribution in [0.5, 0.6) is 0 Å². The van der Waals surface area contributed by atoms with Crippen molar-refractivity contribution in [3.05, 3.63) is 59.5 Å². The maximum atomic E-state index is 13.9. The number of aryl methyl sites for hydroxylation is 1. The molecule has 6 nitrogen and oxygen atoms in total. The number of aromatic nitrogens is 1. The second kappa shape index (κ2) is 7.60. The number of ether oxygens (including phenoxy) is 1. The third kappa shape index (κ3) is 4.15. The minimum absolute atomic E-state index is 0.225. The number of amides is 1. The number of aromatic amines is 1. The van der Waals surface area contributed by atoms with Crippen LogP contribution in [-0.2, 0) is 9.53 Å². The largest absolute Gasteiger partial charge is 0.464 e. The van der Waals surface area contributed by atoms with Crippen molar-refractivity contribution in [2.24, 2.45) is 0 Å². The first kappa shape index (κ1) is 20.1. The summed E-state index contributed by atoms with van der Waals surface area (Å²) in [6.45, 7) is 1.69. The SMILES string of the molecule is COC(=O)[C@@](NC(=O)c1ccccc1F)(Nc1ccc(C)c[nH+]1)C(F)(F)F.